The molecule has 0 bridgehead atoms. The molecule has 1 atom stereocenters. The Balaban J connectivity index is 1.89. The number of anilines is 1. The maximum Gasteiger partial charge on any atom is 0.183 e. The van der Waals surface area contributed by atoms with Crippen molar-refractivity contribution in [2.45, 2.75) is 25.9 Å². The van der Waals surface area contributed by atoms with Crippen molar-refractivity contribution in [2.75, 3.05) is 11.9 Å². The molecule has 2 rings (SSSR count). The molecule has 2 aromatic rings. The summed E-state index contributed by atoms with van der Waals surface area (Å²) in [6.45, 7) is 2.68. The van der Waals surface area contributed by atoms with Gasteiger partial charge in [0, 0.05) is 6.54 Å². The SMILES string of the molecule is CC(O)CCCNc1nc2ccccc2s1. The maximum absolute atomic E-state index is 9.12. The van der Waals surface area contributed by atoms with Crippen LogP contribution < -0.4 is 5.32 Å². The third-order valence-corrected chi connectivity index (χ3v) is 3.36. The van der Waals surface area contributed by atoms with Crippen molar-refractivity contribution in [3.63, 3.8) is 0 Å². The van der Waals surface area contributed by atoms with Crippen molar-refractivity contribution in [2.24, 2.45) is 0 Å². The second-order valence-electron chi connectivity index (χ2n) is 3.90. The number of benzene rings is 1. The van der Waals surface area contributed by atoms with Crippen LogP contribution in [-0.2, 0) is 0 Å². The predicted molar refractivity (Wildman–Crippen MR) is 69.0 cm³/mol. The molecule has 0 aliphatic carbocycles. The fourth-order valence-corrected chi connectivity index (χ4v) is 2.43. The maximum atomic E-state index is 9.12. The second-order valence-corrected chi connectivity index (χ2v) is 4.94. The standard InChI is InChI=1S/C12H16N2OS/c1-9(15)5-4-8-13-12-14-10-6-2-3-7-11(10)16-12/h2-3,6-7,9,15H,4-5,8H2,1H3,(H,13,14). The van der Waals surface area contributed by atoms with Gasteiger partial charge in [-0.1, -0.05) is 23.5 Å². The zero-order valence-electron chi connectivity index (χ0n) is 9.31. The van der Waals surface area contributed by atoms with Gasteiger partial charge in [-0.2, -0.15) is 0 Å². The number of thiazole rings is 1. The topological polar surface area (TPSA) is 45.1 Å². The molecule has 0 saturated carbocycles. The molecule has 1 heterocycles. The first-order chi connectivity index (χ1) is 7.75. The van der Waals surface area contributed by atoms with Crippen LogP contribution in [0, 0.1) is 0 Å². The van der Waals surface area contributed by atoms with Gasteiger partial charge in [-0.15, -0.1) is 0 Å². The molecular formula is C12H16N2OS. The molecule has 0 aliphatic rings. The van der Waals surface area contributed by atoms with E-state index in [1.165, 1.54) is 4.70 Å². The molecule has 2 N–H and O–H groups in total. The lowest BCUT2D eigenvalue weighted by molar-refractivity contribution is 0.183. The Morgan fingerprint density at radius 2 is 2.25 bits per heavy atom. The number of fused-ring (bicyclic) bond motifs is 1. The lowest BCUT2D eigenvalue weighted by Gasteiger charge is -2.04. The van der Waals surface area contributed by atoms with Crippen LogP contribution in [0.2, 0.25) is 0 Å². The minimum Gasteiger partial charge on any atom is -0.393 e. The Hall–Kier alpha value is -1.13. The van der Waals surface area contributed by atoms with Gasteiger partial charge in [0.2, 0.25) is 0 Å². The molecule has 0 spiro atoms. The van der Waals surface area contributed by atoms with Gasteiger partial charge in [-0.25, -0.2) is 4.98 Å². The average molecular weight is 236 g/mol. The number of aromatic nitrogens is 1. The Labute approximate surface area is 99.1 Å². The fourth-order valence-electron chi connectivity index (χ4n) is 1.54. The highest BCUT2D eigenvalue weighted by Crippen LogP contribution is 2.25. The number of nitrogens with one attached hydrogen (secondary N) is 1. The zero-order valence-corrected chi connectivity index (χ0v) is 10.1. The third-order valence-electron chi connectivity index (χ3n) is 2.37. The van der Waals surface area contributed by atoms with E-state index in [2.05, 4.69) is 16.4 Å². The molecule has 86 valence electrons. The highest BCUT2D eigenvalue weighted by Gasteiger charge is 2.02. The molecule has 0 amide bonds. The van der Waals surface area contributed by atoms with Gasteiger partial charge in [0.1, 0.15) is 0 Å². The van der Waals surface area contributed by atoms with Crippen molar-refractivity contribution in [3.8, 4) is 0 Å². The summed E-state index contributed by atoms with van der Waals surface area (Å²) in [6.07, 6.45) is 1.59. The summed E-state index contributed by atoms with van der Waals surface area (Å²) in [5.41, 5.74) is 1.05. The van der Waals surface area contributed by atoms with Crippen molar-refractivity contribution >= 4 is 26.7 Å². The molecule has 16 heavy (non-hydrogen) atoms. The van der Waals surface area contributed by atoms with Crippen LogP contribution >= 0.6 is 11.3 Å². The summed E-state index contributed by atoms with van der Waals surface area (Å²) in [5.74, 6) is 0. The first kappa shape index (κ1) is 11.4. The van der Waals surface area contributed by atoms with E-state index in [1.807, 2.05) is 25.1 Å². The van der Waals surface area contributed by atoms with E-state index in [4.69, 9.17) is 5.11 Å². The first-order valence-corrected chi connectivity index (χ1v) is 6.35. The van der Waals surface area contributed by atoms with E-state index in [1.54, 1.807) is 11.3 Å². The average Bonchev–Trinajstić information content (AvgIpc) is 2.66. The molecular weight excluding hydrogens is 220 g/mol. The van der Waals surface area contributed by atoms with Crippen molar-refractivity contribution in [1.82, 2.24) is 4.98 Å². The smallest absolute Gasteiger partial charge is 0.183 e. The van der Waals surface area contributed by atoms with E-state index < -0.39 is 0 Å². The van der Waals surface area contributed by atoms with Gasteiger partial charge in [0.05, 0.1) is 16.3 Å². The minimum atomic E-state index is -0.211. The van der Waals surface area contributed by atoms with Crippen molar-refractivity contribution in [1.29, 1.82) is 0 Å². The summed E-state index contributed by atoms with van der Waals surface area (Å²) in [4.78, 5) is 4.47. The summed E-state index contributed by atoms with van der Waals surface area (Å²) >= 11 is 1.67. The Kier molecular flexibility index (Phi) is 3.74. The van der Waals surface area contributed by atoms with Crippen LogP contribution in [-0.4, -0.2) is 22.7 Å². The van der Waals surface area contributed by atoms with E-state index in [0.29, 0.717) is 0 Å². The summed E-state index contributed by atoms with van der Waals surface area (Å²) < 4.78 is 1.21. The van der Waals surface area contributed by atoms with Crippen LogP contribution in [0.5, 0.6) is 0 Å². The van der Waals surface area contributed by atoms with Crippen molar-refractivity contribution in [3.05, 3.63) is 24.3 Å². The van der Waals surface area contributed by atoms with Crippen molar-refractivity contribution < 1.29 is 5.11 Å². The third kappa shape index (κ3) is 2.93. The van der Waals surface area contributed by atoms with E-state index in [0.717, 1.165) is 30.0 Å². The minimum absolute atomic E-state index is 0.211. The van der Waals surface area contributed by atoms with Gasteiger partial charge in [-0.3, -0.25) is 0 Å². The number of rotatable bonds is 5. The van der Waals surface area contributed by atoms with E-state index in [9.17, 15) is 0 Å². The Bertz CT molecular complexity index is 420. The molecule has 3 nitrogen and oxygen atoms in total. The lowest BCUT2D eigenvalue weighted by Crippen LogP contribution is -2.06. The van der Waals surface area contributed by atoms with Gasteiger partial charge < -0.3 is 10.4 Å². The monoisotopic (exact) mass is 236 g/mol. The molecule has 0 fully saturated rings. The molecule has 1 aromatic heterocycles. The highest BCUT2D eigenvalue weighted by molar-refractivity contribution is 7.22. The largest absolute Gasteiger partial charge is 0.393 e. The number of para-hydroxylation sites is 1. The summed E-state index contributed by atoms with van der Waals surface area (Å²) in [5, 5.41) is 13.4. The normalized spacial score (nSPS) is 12.9. The molecule has 1 unspecified atom stereocenters. The number of hydrogen-bond acceptors (Lipinski definition) is 4. The van der Waals surface area contributed by atoms with Crippen LogP contribution in [0.15, 0.2) is 24.3 Å². The van der Waals surface area contributed by atoms with Crippen LogP contribution in [0.1, 0.15) is 19.8 Å². The van der Waals surface area contributed by atoms with E-state index in [-0.39, 0.29) is 6.10 Å². The quantitative estimate of drug-likeness (QED) is 0.785. The molecule has 4 heteroatoms. The van der Waals surface area contributed by atoms with Crippen LogP contribution in [0.25, 0.3) is 10.2 Å². The number of aliphatic hydroxyl groups excluding tert-OH is 1. The number of aliphatic hydroxyl groups is 1. The Morgan fingerprint density at radius 1 is 1.44 bits per heavy atom. The van der Waals surface area contributed by atoms with Gasteiger partial charge in [-0.05, 0) is 31.9 Å². The summed E-state index contributed by atoms with van der Waals surface area (Å²) in [6, 6.07) is 8.12. The molecule has 0 saturated heterocycles. The highest BCUT2D eigenvalue weighted by atomic mass is 32.1. The zero-order chi connectivity index (χ0) is 11.4. The fraction of sp³-hybridized carbons (Fsp3) is 0.417. The summed E-state index contributed by atoms with van der Waals surface area (Å²) in [7, 11) is 0. The van der Waals surface area contributed by atoms with E-state index >= 15 is 0 Å². The van der Waals surface area contributed by atoms with Crippen LogP contribution in [0.4, 0.5) is 5.13 Å². The molecule has 0 radical (unpaired) electrons. The number of hydrogen-bond donors (Lipinski definition) is 2. The van der Waals surface area contributed by atoms with Gasteiger partial charge >= 0.3 is 0 Å². The molecule has 1 aromatic carbocycles. The Morgan fingerprint density at radius 3 is 3.00 bits per heavy atom. The lowest BCUT2D eigenvalue weighted by atomic mass is 10.2. The van der Waals surface area contributed by atoms with Crippen LogP contribution in [0.3, 0.4) is 0 Å². The van der Waals surface area contributed by atoms with Gasteiger partial charge in [0.25, 0.3) is 0 Å². The molecule has 0 aliphatic heterocycles. The first-order valence-electron chi connectivity index (χ1n) is 5.53. The van der Waals surface area contributed by atoms with Gasteiger partial charge in [0.15, 0.2) is 5.13 Å². The second kappa shape index (κ2) is 5.27. The predicted octanol–water partition coefficient (Wildman–Crippen LogP) is 2.87. The number of nitrogens with zero attached hydrogens (tertiary/aromatic N) is 1.